The highest BCUT2D eigenvalue weighted by molar-refractivity contribution is 9.10. The van der Waals surface area contributed by atoms with E-state index < -0.39 is 0 Å². The zero-order valence-electron chi connectivity index (χ0n) is 9.20. The largest absolute Gasteiger partial charge is 0.376 e. The fourth-order valence-corrected chi connectivity index (χ4v) is 3.28. The Labute approximate surface area is 108 Å². The number of nitrogens with one attached hydrogen (secondary N) is 1. The molecular formula is C12H13BrN2S. The minimum Gasteiger partial charge on any atom is -0.376 e. The van der Waals surface area contributed by atoms with Crippen molar-refractivity contribution in [3.05, 3.63) is 44.8 Å². The normalized spacial score (nSPS) is 12.4. The van der Waals surface area contributed by atoms with Crippen molar-refractivity contribution in [2.75, 3.05) is 5.32 Å². The summed E-state index contributed by atoms with van der Waals surface area (Å²) >= 11 is 5.31. The lowest BCUT2D eigenvalue weighted by Gasteiger charge is -2.15. The first-order valence-corrected chi connectivity index (χ1v) is 6.77. The first kappa shape index (κ1) is 11.6. The van der Waals surface area contributed by atoms with Gasteiger partial charge in [-0.1, -0.05) is 0 Å². The van der Waals surface area contributed by atoms with Crippen LogP contribution in [-0.2, 0) is 0 Å². The van der Waals surface area contributed by atoms with Crippen LogP contribution in [0.25, 0.3) is 0 Å². The van der Waals surface area contributed by atoms with E-state index in [4.69, 9.17) is 0 Å². The zero-order chi connectivity index (χ0) is 11.5. The first-order valence-electron chi connectivity index (χ1n) is 5.09. The monoisotopic (exact) mass is 296 g/mol. The van der Waals surface area contributed by atoms with Crippen LogP contribution in [0.3, 0.4) is 0 Å². The second-order valence-electron chi connectivity index (χ2n) is 3.64. The molecule has 0 radical (unpaired) electrons. The third-order valence-electron chi connectivity index (χ3n) is 2.42. The Balaban J connectivity index is 2.17. The molecular weight excluding hydrogens is 284 g/mol. The van der Waals surface area contributed by atoms with Gasteiger partial charge in [0.25, 0.3) is 0 Å². The minimum atomic E-state index is 0.289. The maximum absolute atomic E-state index is 4.27. The van der Waals surface area contributed by atoms with Crippen molar-refractivity contribution in [1.82, 2.24) is 4.98 Å². The summed E-state index contributed by atoms with van der Waals surface area (Å²) in [6.45, 7) is 4.17. The molecule has 84 valence electrons. The van der Waals surface area contributed by atoms with Crippen LogP contribution in [0.4, 0.5) is 5.69 Å². The number of hydrogen-bond acceptors (Lipinski definition) is 3. The molecule has 1 atom stereocenters. The van der Waals surface area contributed by atoms with E-state index in [0.717, 1.165) is 11.4 Å². The smallest absolute Gasteiger partial charge is 0.0603 e. The average Bonchev–Trinajstić information content (AvgIpc) is 2.68. The van der Waals surface area contributed by atoms with Crippen molar-refractivity contribution in [3.63, 3.8) is 0 Å². The highest BCUT2D eigenvalue weighted by atomic mass is 79.9. The van der Waals surface area contributed by atoms with Crippen LogP contribution in [0, 0.1) is 6.92 Å². The molecule has 2 heterocycles. The Hall–Kier alpha value is -0.870. The van der Waals surface area contributed by atoms with Crippen molar-refractivity contribution >= 4 is 33.0 Å². The molecule has 0 spiro atoms. The van der Waals surface area contributed by atoms with E-state index in [1.807, 2.05) is 19.2 Å². The Morgan fingerprint density at radius 1 is 1.44 bits per heavy atom. The van der Waals surface area contributed by atoms with Gasteiger partial charge in [0.1, 0.15) is 0 Å². The summed E-state index contributed by atoms with van der Waals surface area (Å²) in [5, 5.41) is 5.56. The Morgan fingerprint density at radius 3 is 2.88 bits per heavy atom. The van der Waals surface area contributed by atoms with Crippen LogP contribution < -0.4 is 5.32 Å². The number of aryl methyl sites for hydroxylation is 1. The number of pyridine rings is 1. The van der Waals surface area contributed by atoms with Crippen LogP contribution in [0.15, 0.2) is 34.2 Å². The molecule has 0 amide bonds. The summed E-state index contributed by atoms with van der Waals surface area (Å²) in [4.78, 5) is 5.57. The van der Waals surface area contributed by atoms with Gasteiger partial charge in [0.2, 0.25) is 0 Å². The van der Waals surface area contributed by atoms with Crippen LogP contribution in [-0.4, -0.2) is 4.98 Å². The highest BCUT2D eigenvalue weighted by Crippen LogP contribution is 2.31. The van der Waals surface area contributed by atoms with Crippen molar-refractivity contribution < 1.29 is 0 Å². The second kappa shape index (κ2) is 4.97. The topological polar surface area (TPSA) is 24.9 Å². The maximum atomic E-state index is 4.27. The number of nitrogens with zero attached hydrogens (tertiary/aromatic N) is 1. The average molecular weight is 297 g/mol. The summed E-state index contributed by atoms with van der Waals surface area (Å²) < 4.78 is 1.17. The Bertz CT molecular complexity index is 481. The number of aromatic nitrogens is 1. The molecule has 0 aliphatic heterocycles. The number of thiophene rings is 1. The molecule has 2 rings (SSSR count). The molecule has 0 fully saturated rings. The van der Waals surface area contributed by atoms with Gasteiger partial charge in [-0.3, -0.25) is 4.98 Å². The van der Waals surface area contributed by atoms with E-state index >= 15 is 0 Å². The van der Waals surface area contributed by atoms with Gasteiger partial charge in [0, 0.05) is 15.5 Å². The van der Waals surface area contributed by atoms with Crippen LogP contribution in [0.5, 0.6) is 0 Å². The van der Waals surface area contributed by atoms with Gasteiger partial charge in [-0.15, -0.1) is 11.3 Å². The molecule has 0 aliphatic carbocycles. The maximum Gasteiger partial charge on any atom is 0.0603 e. The van der Waals surface area contributed by atoms with E-state index in [1.54, 1.807) is 11.3 Å². The molecule has 0 saturated heterocycles. The number of anilines is 1. The molecule has 16 heavy (non-hydrogen) atoms. The second-order valence-corrected chi connectivity index (χ2v) is 5.44. The molecule has 4 heteroatoms. The molecule has 1 unspecified atom stereocenters. The summed E-state index contributed by atoms with van der Waals surface area (Å²) in [5.41, 5.74) is 2.12. The molecule has 0 saturated carbocycles. The van der Waals surface area contributed by atoms with Gasteiger partial charge in [-0.05, 0) is 53.4 Å². The quantitative estimate of drug-likeness (QED) is 0.909. The van der Waals surface area contributed by atoms with E-state index in [-0.39, 0.29) is 6.04 Å². The van der Waals surface area contributed by atoms with E-state index in [2.05, 4.69) is 50.7 Å². The predicted molar refractivity (Wildman–Crippen MR) is 73.0 cm³/mol. The molecule has 1 N–H and O–H groups in total. The predicted octanol–water partition coefficient (Wildman–Crippen LogP) is 4.39. The van der Waals surface area contributed by atoms with Crippen molar-refractivity contribution in [1.29, 1.82) is 0 Å². The third kappa shape index (κ3) is 2.44. The van der Waals surface area contributed by atoms with Gasteiger partial charge in [-0.25, -0.2) is 0 Å². The van der Waals surface area contributed by atoms with Gasteiger partial charge < -0.3 is 5.32 Å². The van der Waals surface area contributed by atoms with Crippen LogP contribution >= 0.6 is 27.3 Å². The minimum absolute atomic E-state index is 0.289. The highest BCUT2D eigenvalue weighted by Gasteiger charge is 2.11. The number of rotatable bonds is 3. The standard InChI is InChI=1S/C12H13BrN2S/c1-8-11(4-3-6-14-8)15-9(2)12-10(13)5-7-16-12/h3-7,9,15H,1-2H3. The van der Waals surface area contributed by atoms with E-state index in [9.17, 15) is 0 Å². The van der Waals surface area contributed by atoms with Gasteiger partial charge in [-0.2, -0.15) is 0 Å². The third-order valence-corrected chi connectivity index (χ3v) is 4.47. The summed E-state index contributed by atoms with van der Waals surface area (Å²) in [5.74, 6) is 0. The fourth-order valence-electron chi connectivity index (χ4n) is 1.55. The number of halogens is 1. The summed E-state index contributed by atoms with van der Waals surface area (Å²) in [6, 6.07) is 6.37. The van der Waals surface area contributed by atoms with Crippen molar-refractivity contribution in [2.24, 2.45) is 0 Å². The SMILES string of the molecule is Cc1ncccc1NC(C)c1sccc1Br. The zero-order valence-corrected chi connectivity index (χ0v) is 11.6. The first-order chi connectivity index (χ1) is 7.68. The molecule has 0 aliphatic rings. The molecule has 0 aromatic carbocycles. The lowest BCUT2D eigenvalue weighted by Crippen LogP contribution is -2.07. The molecule has 2 aromatic rings. The lowest BCUT2D eigenvalue weighted by atomic mass is 10.2. The Morgan fingerprint density at radius 2 is 2.25 bits per heavy atom. The van der Waals surface area contributed by atoms with Crippen molar-refractivity contribution in [3.8, 4) is 0 Å². The summed E-state index contributed by atoms with van der Waals surface area (Å²) in [7, 11) is 0. The van der Waals surface area contributed by atoms with E-state index in [0.29, 0.717) is 0 Å². The molecule has 2 aromatic heterocycles. The molecule has 0 bridgehead atoms. The van der Waals surface area contributed by atoms with Crippen LogP contribution in [0.1, 0.15) is 23.5 Å². The fraction of sp³-hybridized carbons (Fsp3) is 0.250. The van der Waals surface area contributed by atoms with Gasteiger partial charge in [0.05, 0.1) is 17.4 Å². The summed E-state index contributed by atoms with van der Waals surface area (Å²) in [6.07, 6.45) is 1.81. The van der Waals surface area contributed by atoms with Crippen molar-refractivity contribution in [2.45, 2.75) is 19.9 Å². The van der Waals surface area contributed by atoms with Crippen LogP contribution in [0.2, 0.25) is 0 Å². The molecule has 2 nitrogen and oxygen atoms in total. The Kier molecular flexibility index (Phi) is 3.61. The van der Waals surface area contributed by atoms with E-state index in [1.165, 1.54) is 9.35 Å². The lowest BCUT2D eigenvalue weighted by molar-refractivity contribution is 0.897. The number of hydrogen-bond donors (Lipinski definition) is 1. The van der Waals surface area contributed by atoms with Gasteiger partial charge >= 0.3 is 0 Å². The van der Waals surface area contributed by atoms with Gasteiger partial charge in [0.15, 0.2) is 0 Å².